The Balaban J connectivity index is 2.14. The van der Waals surface area contributed by atoms with Crippen LogP contribution >= 0.6 is 8.69 Å². The monoisotopic (exact) mass is 272 g/mol. The van der Waals surface area contributed by atoms with Crippen molar-refractivity contribution in [2.45, 2.75) is 25.7 Å². The highest BCUT2D eigenvalue weighted by atomic mass is 31.1. The van der Waals surface area contributed by atoms with Crippen LogP contribution in [0.25, 0.3) is 0 Å². The number of aromatic nitrogens is 2. The lowest BCUT2D eigenvalue weighted by Gasteiger charge is -2.14. The van der Waals surface area contributed by atoms with Gasteiger partial charge < -0.3 is 4.74 Å². The first-order chi connectivity index (χ1) is 8.61. The summed E-state index contributed by atoms with van der Waals surface area (Å²) in [5.41, 5.74) is -0.935. The molecule has 1 aliphatic heterocycles. The van der Waals surface area contributed by atoms with E-state index in [1.54, 1.807) is 0 Å². The lowest BCUT2D eigenvalue weighted by molar-refractivity contribution is -0.0245. The number of nitrogens with one attached hydrogen (secondary N) is 1. The van der Waals surface area contributed by atoms with E-state index in [4.69, 9.17) is 9.26 Å². The molecule has 1 saturated heterocycles. The van der Waals surface area contributed by atoms with Gasteiger partial charge in [-0.2, -0.15) is 0 Å². The maximum atomic E-state index is 11.6. The molecule has 1 N–H and O–H groups in total. The van der Waals surface area contributed by atoms with Crippen LogP contribution in [-0.4, -0.2) is 22.3 Å². The van der Waals surface area contributed by atoms with E-state index in [9.17, 15) is 14.2 Å². The van der Waals surface area contributed by atoms with Gasteiger partial charge in [0.05, 0.1) is 12.7 Å². The number of hydrogen-bond donors (Lipinski definition) is 1. The van der Waals surface area contributed by atoms with Gasteiger partial charge in [0.15, 0.2) is 0 Å². The first-order valence-corrected chi connectivity index (χ1v) is 6.26. The SMILES string of the molecule is C[C@@H]1C[C@H](n2ccc(=O)[nH]c2=O)O[C@@H]1COP=O. The van der Waals surface area contributed by atoms with Crippen LogP contribution in [0.4, 0.5) is 0 Å². The number of H-pyrrole nitrogens is 1. The number of rotatable bonds is 4. The maximum absolute atomic E-state index is 11.6. The molecule has 0 unspecified atom stereocenters. The van der Waals surface area contributed by atoms with Crippen molar-refractivity contribution in [3.05, 3.63) is 33.1 Å². The van der Waals surface area contributed by atoms with E-state index < -0.39 is 17.5 Å². The van der Waals surface area contributed by atoms with E-state index >= 15 is 0 Å². The molecule has 0 bridgehead atoms. The van der Waals surface area contributed by atoms with Gasteiger partial charge in [-0.3, -0.25) is 18.9 Å². The topological polar surface area (TPSA) is 90.4 Å². The molecule has 0 radical (unpaired) electrons. The lowest BCUT2D eigenvalue weighted by Crippen LogP contribution is -2.31. The van der Waals surface area contributed by atoms with E-state index in [1.807, 2.05) is 6.92 Å². The molecule has 0 amide bonds. The van der Waals surface area contributed by atoms with Crippen LogP contribution < -0.4 is 11.2 Å². The molecule has 3 atom stereocenters. The van der Waals surface area contributed by atoms with E-state index in [0.717, 1.165) is 0 Å². The summed E-state index contributed by atoms with van der Waals surface area (Å²) in [6.07, 6.45) is 1.40. The van der Waals surface area contributed by atoms with Crippen molar-refractivity contribution in [1.29, 1.82) is 0 Å². The zero-order valence-corrected chi connectivity index (χ0v) is 10.6. The summed E-state index contributed by atoms with van der Waals surface area (Å²) in [6.45, 7) is 2.17. The van der Waals surface area contributed by atoms with Crippen molar-refractivity contribution >= 4 is 8.69 Å². The Morgan fingerprint density at radius 2 is 2.39 bits per heavy atom. The second kappa shape index (κ2) is 5.56. The van der Waals surface area contributed by atoms with E-state index in [2.05, 4.69) is 4.98 Å². The predicted octanol–water partition coefficient (Wildman–Crippen LogP) is 0.683. The molecule has 0 aromatic carbocycles. The average Bonchev–Trinajstić information content (AvgIpc) is 2.68. The fraction of sp³-hybridized carbons (Fsp3) is 0.600. The molecule has 0 aliphatic carbocycles. The van der Waals surface area contributed by atoms with Crippen molar-refractivity contribution in [3.8, 4) is 0 Å². The lowest BCUT2D eigenvalue weighted by atomic mass is 10.0. The minimum absolute atomic E-state index is 0.176. The van der Waals surface area contributed by atoms with Crippen molar-refractivity contribution in [2.75, 3.05) is 6.61 Å². The van der Waals surface area contributed by atoms with Gasteiger partial charge >= 0.3 is 14.4 Å². The Labute approximate surface area is 104 Å². The van der Waals surface area contributed by atoms with E-state index in [1.165, 1.54) is 16.8 Å². The highest BCUT2D eigenvalue weighted by Gasteiger charge is 2.33. The molecular weight excluding hydrogens is 259 g/mol. The van der Waals surface area contributed by atoms with Crippen molar-refractivity contribution < 1.29 is 13.8 Å². The van der Waals surface area contributed by atoms with Crippen molar-refractivity contribution in [1.82, 2.24) is 9.55 Å². The molecule has 1 aromatic rings. The average molecular weight is 272 g/mol. The highest BCUT2D eigenvalue weighted by Crippen LogP contribution is 2.32. The normalized spacial score (nSPS) is 27.7. The third-order valence-electron chi connectivity index (χ3n) is 2.99. The predicted molar refractivity (Wildman–Crippen MR) is 62.6 cm³/mol. The highest BCUT2D eigenvalue weighted by molar-refractivity contribution is 7.17. The summed E-state index contributed by atoms with van der Waals surface area (Å²) < 4.78 is 22.0. The molecular formula is C10H13N2O5P. The number of nitrogens with zero attached hydrogens (tertiary/aromatic N) is 1. The minimum Gasteiger partial charge on any atom is -0.352 e. The smallest absolute Gasteiger partial charge is 0.330 e. The molecule has 1 fully saturated rings. The zero-order valence-electron chi connectivity index (χ0n) is 9.74. The van der Waals surface area contributed by atoms with Crippen LogP contribution in [0.5, 0.6) is 0 Å². The fourth-order valence-electron chi connectivity index (χ4n) is 2.00. The molecule has 18 heavy (non-hydrogen) atoms. The molecule has 7 nitrogen and oxygen atoms in total. The van der Waals surface area contributed by atoms with Crippen LogP contribution in [0.15, 0.2) is 21.9 Å². The summed E-state index contributed by atoms with van der Waals surface area (Å²) in [4.78, 5) is 24.7. The summed E-state index contributed by atoms with van der Waals surface area (Å²) >= 11 is 0. The van der Waals surface area contributed by atoms with Gasteiger partial charge in [-0.1, -0.05) is 6.92 Å². The van der Waals surface area contributed by atoms with Crippen molar-refractivity contribution in [3.63, 3.8) is 0 Å². The van der Waals surface area contributed by atoms with Crippen LogP contribution in [0.2, 0.25) is 0 Å². The molecule has 0 spiro atoms. The molecule has 8 heteroatoms. The number of hydrogen-bond acceptors (Lipinski definition) is 5. The van der Waals surface area contributed by atoms with E-state index in [-0.39, 0.29) is 27.3 Å². The zero-order chi connectivity index (χ0) is 13.1. The van der Waals surface area contributed by atoms with Gasteiger partial charge in [0.25, 0.3) is 5.56 Å². The quantitative estimate of drug-likeness (QED) is 0.814. The molecule has 2 rings (SSSR count). The Kier molecular flexibility index (Phi) is 4.06. The Hall–Kier alpha value is -1.30. The second-order valence-electron chi connectivity index (χ2n) is 4.23. The molecule has 98 valence electrons. The minimum atomic E-state index is -0.497. The van der Waals surface area contributed by atoms with Gasteiger partial charge in [0.1, 0.15) is 6.23 Å². The first-order valence-electron chi connectivity index (χ1n) is 5.53. The summed E-state index contributed by atoms with van der Waals surface area (Å²) in [7, 11) is -0.385. The third-order valence-corrected chi connectivity index (χ3v) is 3.25. The van der Waals surface area contributed by atoms with Crippen LogP contribution in [-0.2, 0) is 13.8 Å². The van der Waals surface area contributed by atoms with Gasteiger partial charge in [-0.15, -0.1) is 0 Å². The second-order valence-corrected chi connectivity index (χ2v) is 4.64. The molecule has 0 saturated carbocycles. The first kappa shape index (κ1) is 13.1. The van der Waals surface area contributed by atoms with Gasteiger partial charge in [-0.05, 0) is 12.3 Å². The third kappa shape index (κ3) is 2.75. The maximum Gasteiger partial charge on any atom is 0.330 e. The van der Waals surface area contributed by atoms with Crippen LogP contribution in [0, 0.1) is 5.92 Å². The Morgan fingerprint density at radius 3 is 3.06 bits per heavy atom. The van der Waals surface area contributed by atoms with Crippen LogP contribution in [0.1, 0.15) is 19.6 Å². The number of ether oxygens (including phenoxy) is 1. The summed E-state index contributed by atoms with van der Waals surface area (Å²) in [6, 6.07) is 1.27. The van der Waals surface area contributed by atoms with Gasteiger partial charge in [-0.25, -0.2) is 9.36 Å². The largest absolute Gasteiger partial charge is 0.352 e. The van der Waals surface area contributed by atoms with Crippen molar-refractivity contribution in [2.24, 2.45) is 5.92 Å². The molecule has 2 heterocycles. The van der Waals surface area contributed by atoms with E-state index in [0.29, 0.717) is 6.42 Å². The Bertz CT molecular complexity index is 540. The molecule has 1 aliphatic rings. The fourth-order valence-corrected chi connectivity index (χ4v) is 2.21. The van der Waals surface area contributed by atoms with Gasteiger partial charge in [0, 0.05) is 12.3 Å². The molecule has 1 aromatic heterocycles. The van der Waals surface area contributed by atoms with Crippen LogP contribution in [0.3, 0.4) is 0 Å². The summed E-state index contributed by atoms with van der Waals surface area (Å²) in [5, 5.41) is 0. The standard InChI is InChI=1S/C10H13N2O5P/c1-6-4-9(17-7(6)5-16-18-15)12-3-2-8(13)11-10(12)14/h2-3,6-7,9H,4-5H2,1H3,(H,11,13,14)/t6-,7-,9-/m1/s1. The van der Waals surface area contributed by atoms with Gasteiger partial charge in [0.2, 0.25) is 0 Å². The Morgan fingerprint density at radius 1 is 1.61 bits per heavy atom. The summed E-state index contributed by atoms with van der Waals surface area (Å²) in [5.74, 6) is 0.176. The number of aromatic amines is 1.